The average Bonchev–Trinajstić information content (AvgIpc) is 2.84. The largest absolute Gasteiger partial charge is 0.490 e. The SMILES string of the molecule is CCCCCCCC(=O)Oc1cc(OCCC)c(OC(=O)CCCCCCC)c2ccc(Cl)cc12. The highest BCUT2D eigenvalue weighted by Gasteiger charge is 2.20. The van der Waals surface area contributed by atoms with E-state index in [1.54, 1.807) is 24.3 Å². The van der Waals surface area contributed by atoms with E-state index in [0.29, 0.717) is 52.5 Å². The molecule has 35 heavy (non-hydrogen) atoms. The fourth-order valence-electron chi connectivity index (χ4n) is 3.91. The van der Waals surface area contributed by atoms with Gasteiger partial charge in [0.1, 0.15) is 5.75 Å². The molecular formula is C29H41ClO5. The third-order valence-corrected chi connectivity index (χ3v) is 6.08. The number of rotatable bonds is 17. The molecule has 0 spiro atoms. The van der Waals surface area contributed by atoms with Crippen molar-refractivity contribution >= 4 is 34.3 Å². The first-order valence-corrected chi connectivity index (χ1v) is 13.7. The molecular weight excluding hydrogens is 464 g/mol. The molecule has 0 atom stereocenters. The Morgan fingerprint density at radius 3 is 1.89 bits per heavy atom. The number of carbonyl (C=O) groups excluding carboxylic acids is 2. The lowest BCUT2D eigenvalue weighted by Crippen LogP contribution is -2.11. The van der Waals surface area contributed by atoms with Gasteiger partial charge < -0.3 is 14.2 Å². The molecule has 0 aliphatic carbocycles. The van der Waals surface area contributed by atoms with Crippen LogP contribution in [-0.2, 0) is 9.59 Å². The third kappa shape index (κ3) is 10.1. The molecule has 0 heterocycles. The van der Waals surface area contributed by atoms with Crippen LogP contribution in [0.4, 0.5) is 0 Å². The molecule has 0 amide bonds. The van der Waals surface area contributed by atoms with Crippen LogP contribution in [0.1, 0.15) is 104 Å². The van der Waals surface area contributed by atoms with Gasteiger partial charge in [-0.05, 0) is 37.5 Å². The molecule has 0 aliphatic heterocycles. The van der Waals surface area contributed by atoms with Crippen LogP contribution >= 0.6 is 11.6 Å². The molecule has 2 aromatic rings. The van der Waals surface area contributed by atoms with Gasteiger partial charge >= 0.3 is 11.9 Å². The van der Waals surface area contributed by atoms with E-state index in [2.05, 4.69) is 13.8 Å². The van der Waals surface area contributed by atoms with Crippen LogP contribution in [0.2, 0.25) is 5.02 Å². The molecule has 0 N–H and O–H groups in total. The molecule has 5 nitrogen and oxygen atoms in total. The Morgan fingerprint density at radius 1 is 0.686 bits per heavy atom. The van der Waals surface area contributed by atoms with Crippen molar-refractivity contribution in [1.29, 1.82) is 0 Å². The van der Waals surface area contributed by atoms with Crippen molar-refractivity contribution in [2.45, 2.75) is 104 Å². The fourth-order valence-corrected chi connectivity index (χ4v) is 4.08. The predicted molar refractivity (Wildman–Crippen MR) is 143 cm³/mol. The molecule has 0 fully saturated rings. The molecule has 6 heteroatoms. The van der Waals surface area contributed by atoms with Gasteiger partial charge in [-0.25, -0.2) is 0 Å². The van der Waals surface area contributed by atoms with Gasteiger partial charge in [-0.1, -0.05) is 83.7 Å². The number of ether oxygens (including phenoxy) is 3. The van der Waals surface area contributed by atoms with E-state index in [1.807, 2.05) is 6.92 Å². The smallest absolute Gasteiger partial charge is 0.311 e. The van der Waals surface area contributed by atoms with Crippen LogP contribution in [0.25, 0.3) is 10.8 Å². The van der Waals surface area contributed by atoms with Gasteiger partial charge in [-0.3, -0.25) is 9.59 Å². The predicted octanol–water partition coefficient (Wildman–Crippen LogP) is 8.81. The lowest BCUT2D eigenvalue weighted by atomic mass is 10.1. The zero-order valence-electron chi connectivity index (χ0n) is 21.6. The molecule has 0 bridgehead atoms. The van der Waals surface area contributed by atoms with E-state index in [-0.39, 0.29) is 11.9 Å². The quantitative estimate of drug-likeness (QED) is 0.122. The average molecular weight is 505 g/mol. The van der Waals surface area contributed by atoms with Crippen molar-refractivity contribution in [1.82, 2.24) is 0 Å². The van der Waals surface area contributed by atoms with E-state index in [4.69, 9.17) is 25.8 Å². The minimum atomic E-state index is -0.295. The van der Waals surface area contributed by atoms with Gasteiger partial charge in [-0.2, -0.15) is 0 Å². The first kappa shape index (κ1) is 29.0. The summed E-state index contributed by atoms with van der Waals surface area (Å²) in [5.74, 6) is 0.526. The highest BCUT2D eigenvalue weighted by Crippen LogP contribution is 2.43. The zero-order chi connectivity index (χ0) is 25.5. The molecule has 0 saturated heterocycles. The molecule has 2 aromatic carbocycles. The van der Waals surface area contributed by atoms with Crippen LogP contribution in [0.3, 0.4) is 0 Å². The summed E-state index contributed by atoms with van der Waals surface area (Å²) >= 11 is 6.27. The van der Waals surface area contributed by atoms with Crippen molar-refractivity contribution in [2.75, 3.05) is 6.61 Å². The summed E-state index contributed by atoms with van der Waals surface area (Å²) in [7, 11) is 0. The second-order valence-electron chi connectivity index (χ2n) is 9.02. The van der Waals surface area contributed by atoms with E-state index in [9.17, 15) is 9.59 Å². The number of hydrogen-bond donors (Lipinski definition) is 0. The Hall–Kier alpha value is -2.27. The molecule has 0 aromatic heterocycles. The highest BCUT2D eigenvalue weighted by molar-refractivity contribution is 6.31. The minimum Gasteiger partial charge on any atom is -0.490 e. The Labute approximate surface area is 215 Å². The topological polar surface area (TPSA) is 61.8 Å². The van der Waals surface area contributed by atoms with Crippen LogP contribution < -0.4 is 14.2 Å². The van der Waals surface area contributed by atoms with Crippen LogP contribution in [0.15, 0.2) is 24.3 Å². The number of benzene rings is 2. The highest BCUT2D eigenvalue weighted by atomic mass is 35.5. The molecule has 0 saturated carbocycles. The van der Waals surface area contributed by atoms with Crippen molar-refractivity contribution in [3.63, 3.8) is 0 Å². The summed E-state index contributed by atoms with van der Waals surface area (Å²) in [6, 6.07) is 6.89. The lowest BCUT2D eigenvalue weighted by molar-refractivity contribution is -0.135. The van der Waals surface area contributed by atoms with Gasteiger partial charge in [0.2, 0.25) is 0 Å². The maximum atomic E-state index is 12.6. The van der Waals surface area contributed by atoms with E-state index in [0.717, 1.165) is 57.8 Å². The van der Waals surface area contributed by atoms with Crippen LogP contribution in [0.5, 0.6) is 17.2 Å². The summed E-state index contributed by atoms with van der Waals surface area (Å²) in [6.07, 6.45) is 12.0. The van der Waals surface area contributed by atoms with Gasteiger partial charge in [0, 0.05) is 34.7 Å². The van der Waals surface area contributed by atoms with Gasteiger partial charge in [0.15, 0.2) is 11.5 Å². The van der Waals surface area contributed by atoms with Crippen LogP contribution in [0, 0.1) is 0 Å². The number of halogens is 1. The number of carbonyl (C=O) groups is 2. The number of fused-ring (bicyclic) bond motifs is 1. The molecule has 2 rings (SSSR count). The van der Waals surface area contributed by atoms with Crippen molar-refractivity contribution in [3.8, 4) is 17.2 Å². The minimum absolute atomic E-state index is 0.291. The Kier molecular flexibility index (Phi) is 13.6. The Bertz CT molecular complexity index is 940. The summed E-state index contributed by atoms with van der Waals surface area (Å²) in [6.45, 7) is 6.78. The van der Waals surface area contributed by atoms with Crippen LogP contribution in [-0.4, -0.2) is 18.5 Å². The zero-order valence-corrected chi connectivity index (χ0v) is 22.4. The molecule has 0 unspecified atom stereocenters. The van der Waals surface area contributed by atoms with E-state index < -0.39 is 0 Å². The van der Waals surface area contributed by atoms with Gasteiger partial charge in [-0.15, -0.1) is 0 Å². The monoisotopic (exact) mass is 504 g/mol. The first-order chi connectivity index (χ1) is 17.0. The van der Waals surface area contributed by atoms with Crippen molar-refractivity contribution in [2.24, 2.45) is 0 Å². The number of esters is 2. The van der Waals surface area contributed by atoms with E-state index >= 15 is 0 Å². The van der Waals surface area contributed by atoms with Gasteiger partial charge in [0.05, 0.1) is 6.61 Å². The first-order valence-electron chi connectivity index (χ1n) is 13.3. The Balaban J connectivity index is 2.25. The molecule has 0 radical (unpaired) electrons. The molecule has 194 valence electrons. The summed E-state index contributed by atoms with van der Waals surface area (Å²) in [4.78, 5) is 25.2. The summed E-state index contributed by atoms with van der Waals surface area (Å²) < 4.78 is 17.5. The summed E-state index contributed by atoms with van der Waals surface area (Å²) in [5, 5.41) is 1.75. The normalized spacial score (nSPS) is 11.0. The van der Waals surface area contributed by atoms with Crippen molar-refractivity contribution in [3.05, 3.63) is 29.3 Å². The molecule has 0 aliphatic rings. The fraction of sp³-hybridized carbons (Fsp3) is 0.586. The van der Waals surface area contributed by atoms with Gasteiger partial charge in [0.25, 0.3) is 0 Å². The number of unbranched alkanes of at least 4 members (excludes halogenated alkanes) is 8. The Morgan fingerprint density at radius 2 is 1.29 bits per heavy atom. The lowest BCUT2D eigenvalue weighted by Gasteiger charge is -2.17. The summed E-state index contributed by atoms with van der Waals surface area (Å²) in [5.41, 5.74) is 0. The number of hydrogen-bond acceptors (Lipinski definition) is 5. The maximum absolute atomic E-state index is 12.6. The van der Waals surface area contributed by atoms with E-state index in [1.165, 1.54) is 12.8 Å². The standard InChI is InChI=1S/C29H41ClO5/c1-4-7-9-11-13-15-27(31)34-25-21-26(33-19-6-3)29(23-18-17-22(30)20-24(23)25)35-28(32)16-14-12-10-8-5-2/h17-18,20-21H,4-16,19H2,1-3H3. The van der Waals surface area contributed by atoms with Crippen molar-refractivity contribution < 1.29 is 23.8 Å². The second-order valence-corrected chi connectivity index (χ2v) is 9.45. The third-order valence-electron chi connectivity index (χ3n) is 5.85. The second kappa shape index (κ2) is 16.4. The maximum Gasteiger partial charge on any atom is 0.311 e.